The highest BCUT2D eigenvalue weighted by molar-refractivity contribution is 7.25. The topological polar surface area (TPSA) is 0 Å². The molecule has 10 aromatic rings. The molecule has 0 saturated carbocycles. The maximum Gasteiger partial charge on any atom is 0.0361 e. The van der Waals surface area contributed by atoms with Crippen molar-refractivity contribution in [2.75, 3.05) is 0 Å². The summed E-state index contributed by atoms with van der Waals surface area (Å²) >= 11 is 1.89. The molecule has 50 heavy (non-hydrogen) atoms. The van der Waals surface area contributed by atoms with Crippen molar-refractivity contribution in [2.45, 2.75) is 19.3 Å². The van der Waals surface area contributed by atoms with Crippen LogP contribution in [-0.2, 0) is 5.41 Å². The Morgan fingerprint density at radius 1 is 0.360 bits per heavy atom. The van der Waals surface area contributed by atoms with E-state index in [9.17, 15) is 0 Å². The smallest absolute Gasteiger partial charge is 0.0361 e. The summed E-state index contributed by atoms with van der Waals surface area (Å²) in [7, 11) is 0. The van der Waals surface area contributed by atoms with E-state index in [4.69, 9.17) is 0 Å². The molecule has 1 aliphatic rings. The molecular weight excluding hydrogens is 621 g/mol. The third-order valence-electron chi connectivity index (χ3n) is 11.4. The summed E-state index contributed by atoms with van der Waals surface area (Å²) in [6.07, 6.45) is 0. The molecule has 1 aromatic heterocycles. The maximum absolute atomic E-state index is 2.50. The van der Waals surface area contributed by atoms with Gasteiger partial charge in [-0.15, -0.1) is 11.3 Å². The van der Waals surface area contributed by atoms with Gasteiger partial charge in [0, 0.05) is 25.6 Å². The van der Waals surface area contributed by atoms with Crippen LogP contribution in [0.3, 0.4) is 0 Å². The van der Waals surface area contributed by atoms with Gasteiger partial charge in [0.05, 0.1) is 0 Å². The maximum atomic E-state index is 2.50. The second-order valence-corrected chi connectivity index (χ2v) is 15.5. The molecule has 9 aromatic carbocycles. The van der Waals surface area contributed by atoms with E-state index < -0.39 is 0 Å². The largest absolute Gasteiger partial charge is 0.135 e. The van der Waals surface area contributed by atoms with Crippen molar-refractivity contribution in [2.24, 2.45) is 0 Å². The first-order chi connectivity index (χ1) is 24.6. The van der Waals surface area contributed by atoms with Crippen molar-refractivity contribution in [1.29, 1.82) is 0 Å². The molecular formula is C49H32S. The molecule has 1 heterocycles. The highest BCUT2D eigenvalue weighted by atomic mass is 32.1. The van der Waals surface area contributed by atoms with Gasteiger partial charge < -0.3 is 0 Å². The van der Waals surface area contributed by atoms with Gasteiger partial charge in [-0.25, -0.2) is 0 Å². The van der Waals surface area contributed by atoms with Gasteiger partial charge in [-0.3, -0.25) is 0 Å². The van der Waals surface area contributed by atoms with Crippen LogP contribution in [0.1, 0.15) is 25.0 Å². The minimum Gasteiger partial charge on any atom is -0.135 e. The van der Waals surface area contributed by atoms with Crippen molar-refractivity contribution in [3.63, 3.8) is 0 Å². The van der Waals surface area contributed by atoms with Gasteiger partial charge in [-0.05, 0) is 106 Å². The Morgan fingerprint density at radius 2 is 0.800 bits per heavy atom. The van der Waals surface area contributed by atoms with Gasteiger partial charge in [0.1, 0.15) is 0 Å². The minimum absolute atomic E-state index is 0.119. The van der Waals surface area contributed by atoms with Crippen LogP contribution in [0.2, 0.25) is 0 Å². The summed E-state index contributed by atoms with van der Waals surface area (Å²) in [5, 5.41) is 13.2. The normalized spacial score (nSPS) is 13.6. The lowest BCUT2D eigenvalue weighted by Gasteiger charge is -2.24. The molecule has 0 atom stereocenters. The SMILES string of the molecule is CC1(C)c2ccc(-c3c4ccccc4c(-c4ccc5c(c4)sc4ccccc45)c4ccccc34)cc2-c2c1c1ccccc1c1ccccc21. The molecule has 1 heteroatoms. The highest BCUT2D eigenvalue weighted by Crippen LogP contribution is 2.56. The number of hydrogen-bond acceptors (Lipinski definition) is 1. The lowest BCUT2D eigenvalue weighted by Crippen LogP contribution is -2.15. The zero-order valence-corrected chi connectivity index (χ0v) is 28.7. The molecule has 11 rings (SSSR count). The summed E-state index contributed by atoms with van der Waals surface area (Å²) in [6, 6.07) is 59.2. The molecule has 0 N–H and O–H groups in total. The summed E-state index contributed by atoms with van der Waals surface area (Å²) in [5.74, 6) is 0. The Labute approximate surface area is 294 Å². The fraction of sp³-hybridized carbons (Fsp3) is 0.0612. The summed E-state index contributed by atoms with van der Waals surface area (Å²) in [6.45, 7) is 4.82. The predicted molar refractivity (Wildman–Crippen MR) is 218 cm³/mol. The average molecular weight is 653 g/mol. The van der Waals surface area contributed by atoms with Crippen LogP contribution < -0.4 is 0 Å². The van der Waals surface area contributed by atoms with Gasteiger partial charge in [0.25, 0.3) is 0 Å². The van der Waals surface area contributed by atoms with Gasteiger partial charge in [-0.2, -0.15) is 0 Å². The number of hydrogen-bond donors (Lipinski definition) is 0. The quantitative estimate of drug-likeness (QED) is 0.129. The zero-order chi connectivity index (χ0) is 33.1. The Kier molecular flexibility index (Phi) is 5.70. The first-order valence-corrected chi connectivity index (χ1v) is 18.3. The van der Waals surface area contributed by atoms with Crippen LogP contribution in [0.15, 0.2) is 158 Å². The molecule has 0 saturated heterocycles. The van der Waals surface area contributed by atoms with Crippen molar-refractivity contribution >= 4 is 74.6 Å². The zero-order valence-electron chi connectivity index (χ0n) is 27.9. The highest BCUT2D eigenvalue weighted by Gasteiger charge is 2.38. The third kappa shape index (κ3) is 3.71. The first kappa shape index (κ1) is 28.1. The number of fused-ring (bicyclic) bond motifs is 13. The molecule has 0 aliphatic heterocycles. The Hall–Kier alpha value is -5.76. The number of thiophene rings is 1. The molecule has 0 bridgehead atoms. The van der Waals surface area contributed by atoms with Crippen molar-refractivity contribution < 1.29 is 0 Å². The van der Waals surface area contributed by atoms with Crippen LogP contribution in [0.25, 0.3) is 96.6 Å². The van der Waals surface area contributed by atoms with Crippen molar-refractivity contribution in [3.05, 3.63) is 169 Å². The van der Waals surface area contributed by atoms with E-state index in [2.05, 4.69) is 172 Å². The molecule has 0 unspecified atom stereocenters. The summed E-state index contributed by atoms with van der Waals surface area (Å²) in [5.41, 5.74) is 10.6. The van der Waals surface area contributed by atoms with Crippen LogP contribution >= 0.6 is 11.3 Å². The van der Waals surface area contributed by atoms with Crippen molar-refractivity contribution in [1.82, 2.24) is 0 Å². The predicted octanol–water partition coefficient (Wildman–Crippen LogP) is 14.3. The van der Waals surface area contributed by atoms with E-state index in [0.717, 1.165) is 0 Å². The second-order valence-electron chi connectivity index (χ2n) is 14.4. The molecule has 234 valence electrons. The van der Waals surface area contributed by atoms with E-state index in [-0.39, 0.29) is 5.41 Å². The second kappa shape index (κ2) is 10.1. The molecule has 0 radical (unpaired) electrons. The Balaban J connectivity index is 1.20. The summed E-state index contributed by atoms with van der Waals surface area (Å²) in [4.78, 5) is 0. The van der Waals surface area contributed by atoms with Crippen LogP contribution in [0.5, 0.6) is 0 Å². The van der Waals surface area contributed by atoms with Gasteiger partial charge in [0.15, 0.2) is 0 Å². The van der Waals surface area contributed by atoms with Crippen molar-refractivity contribution in [3.8, 4) is 33.4 Å². The monoisotopic (exact) mass is 652 g/mol. The molecule has 0 amide bonds. The molecule has 0 spiro atoms. The van der Waals surface area contributed by atoms with Crippen LogP contribution in [-0.4, -0.2) is 0 Å². The third-order valence-corrected chi connectivity index (χ3v) is 12.5. The van der Waals surface area contributed by atoms with E-state index in [1.54, 1.807) is 0 Å². The lowest BCUT2D eigenvalue weighted by atomic mass is 9.79. The van der Waals surface area contributed by atoms with E-state index in [1.165, 1.54) is 108 Å². The van der Waals surface area contributed by atoms with Crippen LogP contribution in [0, 0.1) is 0 Å². The lowest BCUT2D eigenvalue weighted by molar-refractivity contribution is 0.666. The van der Waals surface area contributed by atoms with E-state index in [0.29, 0.717) is 0 Å². The number of rotatable bonds is 2. The van der Waals surface area contributed by atoms with Gasteiger partial charge >= 0.3 is 0 Å². The molecule has 1 aliphatic carbocycles. The molecule has 0 nitrogen and oxygen atoms in total. The first-order valence-electron chi connectivity index (χ1n) is 17.5. The average Bonchev–Trinajstić information content (AvgIpc) is 3.65. The Bertz CT molecular complexity index is 3010. The van der Waals surface area contributed by atoms with Crippen LogP contribution in [0.4, 0.5) is 0 Å². The van der Waals surface area contributed by atoms with E-state index in [1.807, 2.05) is 11.3 Å². The Morgan fingerprint density at radius 3 is 1.42 bits per heavy atom. The van der Waals surface area contributed by atoms with Gasteiger partial charge in [0.2, 0.25) is 0 Å². The minimum atomic E-state index is -0.119. The van der Waals surface area contributed by atoms with E-state index >= 15 is 0 Å². The number of benzene rings is 9. The fourth-order valence-corrected chi connectivity index (χ4v) is 10.4. The molecule has 0 fully saturated rings. The van der Waals surface area contributed by atoms with Gasteiger partial charge in [-0.1, -0.05) is 153 Å². The fourth-order valence-electron chi connectivity index (χ4n) is 9.29. The standard InChI is InChI=1S/C49H32S/c1-49(2)42-26-24-29(27-41(42)47-35-16-5-3-13-31(35)32-14-4-10-21-40(32)48(47)49)45-36-17-6-8-19-38(36)46(39-20-9-7-18-37(39)45)30-23-25-34-33-15-11-12-22-43(33)50-44(34)28-30/h3-28H,1-2H3. The summed E-state index contributed by atoms with van der Waals surface area (Å²) < 4.78 is 2.67.